The van der Waals surface area contributed by atoms with Gasteiger partial charge in [-0.25, -0.2) is 15.0 Å². The number of nitrogens with one attached hydrogen (secondary N) is 1. The number of imidazole rings is 1. The van der Waals surface area contributed by atoms with Gasteiger partial charge in [0, 0.05) is 11.0 Å². The Hall–Kier alpha value is -2.19. The average molecular weight is 396 g/mol. The molecule has 0 fully saturated rings. The van der Waals surface area contributed by atoms with Crippen LogP contribution in [0.5, 0.6) is 0 Å². The summed E-state index contributed by atoms with van der Waals surface area (Å²) < 4.78 is 2.39. The van der Waals surface area contributed by atoms with Crippen LogP contribution >= 0.6 is 27.5 Å². The molecule has 2 heterocycles. The van der Waals surface area contributed by atoms with Crippen LogP contribution in [0, 0.1) is 0 Å². The number of benzene rings is 1. The molecule has 0 bridgehead atoms. The Kier molecular flexibility index (Phi) is 4.44. The third-order valence-electron chi connectivity index (χ3n) is 3.25. The molecule has 0 saturated heterocycles. The van der Waals surface area contributed by atoms with Gasteiger partial charge in [0.05, 0.1) is 11.3 Å². The number of hydrogen-bond donors (Lipinski definition) is 2. The maximum Gasteiger partial charge on any atom is 0.240 e. The molecule has 0 spiro atoms. The predicted molar refractivity (Wildman–Crippen MR) is 90.7 cm³/mol. The summed E-state index contributed by atoms with van der Waals surface area (Å²) in [6.45, 7) is 0.453. The number of carbonyl (C=O) groups excluding carboxylic acids is 1. The van der Waals surface area contributed by atoms with Gasteiger partial charge in [-0.3, -0.25) is 4.79 Å². The van der Waals surface area contributed by atoms with Crippen molar-refractivity contribution >= 4 is 50.4 Å². The number of fused-ring (bicyclic) bond motifs is 1. The topological polar surface area (TPSA) is 98.7 Å². The summed E-state index contributed by atoms with van der Waals surface area (Å²) >= 11 is 9.43. The first-order chi connectivity index (χ1) is 11.1. The van der Waals surface area contributed by atoms with E-state index in [1.54, 1.807) is 10.6 Å². The zero-order chi connectivity index (χ0) is 16.4. The Balaban J connectivity index is 1.69. The number of halogens is 2. The highest BCUT2D eigenvalue weighted by atomic mass is 79.9. The number of carbonyl (C=O) groups is 1. The Bertz CT molecular complexity index is 881. The first-order valence-corrected chi connectivity index (χ1v) is 7.84. The Morgan fingerprint density at radius 2 is 2.17 bits per heavy atom. The van der Waals surface area contributed by atoms with Crippen LogP contribution in [-0.4, -0.2) is 25.4 Å². The van der Waals surface area contributed by atoms with Gasteiger partial charge in [-0.05, 0) is 27.6 Å². The molecule has 0 saturated carbocycles. The van der Waals surface area contributed by atoms with Crippen LogP contribution in [0.4, 0.5) is 5.82 Å². The van der Waals surface area contributed by atoms with E-state index in [0.29, 0.717) is 22.7 Å². The second-order valence-corrected chi connectivity index (χ2v) is 5.99. The quantitative estimate of drug-likeness (QED) is 0.705. The molecule has 2 aromatic heterocycles. The van der Waals surface area contributed by atoms with Gasteiger partial charge in [0.1, 0.15) is 18.4 Å². The number of hydrogen-bond acceptors (Lipinski definition) is 5. The Labute approximate surface area is 145 Å². The van der Waals surface area contributed by atoms with Crippen molar-refractivity contribution in [3.05, 3.63) is 45.9 Å². The lowest BCUT2D eigenvalue weighted by Gasteiger charge is -2.09. The highest BCUT2D eigenvalue weighted by molar-refractivity contribution is 9.10. The number of rotatable bonds is 4. The molecule has 1 aromatic carbocycles. The fourth-order valence-electron chi connectivity index (χ4n) is 2.10. The lowest BCUT2D eigenvalue weighted by Crippen LogP contribution is -2.27. The van der Waals surface area contributed by atoms with Crippen LogP contribution in [0.3, 0.4) is 0 Å². The molecule has 3 N–H and O–H groups in total. The molecule has 9 heteroatoms. The van der Waals surface area contributed by atoms with E-state index in [1.165, 1.54) is 12.7 Å². The maximum atomic E-state index is 12.1. The maximum absolute atomic E-state index is 12.1. The molecule has 0 aliphatic rings. The van der Waals surface area contributed by atoms with E-state index in [4.69, 9.17) is 17.3 Å². The van der Waals surface area contributed by atoms with Gasteiger partial charge in [-0.15, -0.1) is 0 Å². The van der Waals surface area contributed by atoms with Crippen molar-refractivity contribution < 1.29 is 4.79 Å². The van der Waals surface area contributed by atoms with Crippen LogP contribution in [0.1, 0.15) is 5.56 Å². The van der Waals surface area contributed by atoms with Crippen molar-refractivity contribution in [2.45, 2.75) is 13.1 Å². The normalized spacial score (nSPS) is 10.9. The number of aromatic nitrogens is 4. The van der Waals surface area contributed by atoms with Crippen LogP contribution in [0.15, 0.2) is 35.3 Å². The fraction of sp³-hybridized carbons (Fsp3) is 0.143. The van der Waals surface area contributed by atoms with Crippen molar-refractivity contribution in [1.82, 2.24) is 24.8 Å². The van der Waals surface area contributed by atoms with Gasteiger partial charge in [0.2, 0.25) is 5.91 Å². The van der Waals surface area contributed by atoms with Gasteiger partial charge in [-0.1, -0.05) is 23.7 Å². The number of nitrogen functional groups attached to an aromatic ring is 1. The fourth-order valence-corrected chi connectivity index (χ4v) is 2.70. The van der Waals surface area contributed by atoms with Crippen LogP contribution in [0.2, 0.25) is 5.02 Å². The molecular weight excluding hydrogens is 384 g/mol. The molecule has 0 aliphatic carbocycles. The first-order valence-electron chi connectivity index (χ1n) is 6.67. The lowest BCUT2D eigenvalue weighted by atomic mass is 10.2. The Morgan fingerprint density at radius 3 is 3.00 bits per heavy atom. The van der Waals surface area contributed by atoms with E-state index in [2.05, 4.69) is 36.2 Å². The molecule has 7 nitrogen and oxygen atoms in total. The zero-order valence-electron chi connectivity index (χ0n) is 11.8. The highest BCUT2D eigenvalue weighted by Crippen LogP contribution is 2.25. The minimum atomic E-state index is -0.173. The molecular formula is C14H12BrClN6O. The molecule has 0 radical (unpaired) electrons. The van der Waals surface area contributed by atoms with Gasteiger partial charge in [-0.2, -0.15) is 0 Å². The summed E-state index contributed by atoms with van der Waals surface area (Å²) in [5.74, 6) is 0.116. The largest absolute Gasteiger partial charge is 0.382 e. The van der Waals surface area contributed by atoms with Gasteiger partial charge in [0.25, 0.3) is 0 Å². The number of nitrogens with zero attached hydrogens (tertiary/aromatic N) is 4. The van der Waals surface area contributed by atoms with Crippen molar-refractivity contribution in [2.24, 2.45) is 0 Å². The molecule has 0 aliphatic heterocycles. The molecule has 0 atom stereocenters. The summed E-state index contributed by atoms with van der Waals surface area (Å²) in [5, 5.41) is 3.44. The third-order valence-corrected chi connectivity index (χ3v) is 4.73. The number of anilines is 1. The van der Waals surface area contributed by atoms with E-state index in [1.807, 2.05) is 12.1 Å². The lowest BCUT2D eigenvalue weighted by molar-refractivity contribution is -0.121. The van der Waals surface area contributed by atoms with E-state index < -0.39 is 0 Å². The summed E-state index contributed by atoms with van der Waals surface area (Å²) in [6, 6.07) is 5.49. The smallest absolute Gasteiger partial charge is 0.240 e. The number of amides is 1. The molecule has 118 valence electrons. The molecule has 3 rings (SSSR count). The third kappa shape index (κ3) is 3.27. The Morgan fingerprint density at radius 1 is 1.35 bits per heavy atom. The van der Waals surface area contributed by atoms with Crippen molar-refractivity contribution in [3.8, 4) is 0 Å². The summed E-state index contributed by atoms with van der Waals surface area (Å²) in [7, 11) is 0. The van der Waals surface area contributed by atoms with Crippen LogP contribution in [0.25, 0.3) is 11.2 Å². The zero-order valence-corrected chi connectivity index (χ0v) is 14.2. The molecule has 1 amide bonds. The van der Waals surface area contributed by atoms with E-state index in [-0.39, 0.29) is 18.3 Å². The SMILES string of the molecule is Nc1ncnc2c1ncn2CC(=O)NCc1cccc(Cl)c1Br. The standard InChI is InChI=1S/C14H12BrClN6O/c15-11-8(2-1-3-9(11)16)4-18-10(23)5-22-7-21-12-13(17)19-6-20-14(12)22/h1-3,6-7H,4-5H2,(H,18,23)(H2,17,19,20). The minimum absolute atomic E-state index is 0.0884. The van der Waals surface area contributed by atoms with Crippen molar-refractivity contribution in [2.75, 3.05) is 5.73 Å². The average Bonchev–Trinajstić information content (AvgIpc) is 2.93. The van der Waals surface area contributed by atoms with Gasteiger partial charge < -0.3 is 15.6 Å². The highest BCUT2D eigenvalue weighted by Gasteiger charge is 2.11. The van der Waals surface area contributed by atoms with Crippen LogP contribution < -0.4 is 11.1 Å². The van der Waals surface area contributed by atoms with E-state index >= 15 is 0 Å². The van der Waals surface area contributed by atoms with Gasteiger partial charge >= 0.3 is 0 Å². The van der Waals surface area contributed by atoms with Crippen LogP contribution in [-0.2, 0) is 17.9 Å². The number of nitrogens with two attached hydrogens (primary N) is 1. The molecule has 23 heavy (non-hydrogen) atoms. The summed E-state index contributed by atoms with van der Waals surface area (Å²) in [6.07, 6.45) is 2.86. The second kappa shape index (κ2) is 6.51. The van der Waals surface area contributed by atoms with Crippen molar-refractivity contribution in [1.29, 1.82) is 0 Å². The summed E-state index contributed by atoms with van der Waals surface area (Å²) in [4.78, 5) is 24.2. The van der Waals surface area contributed by atoms with Gasteiger partial charge in [0.15, 0.2) is 11.5 Å². The molecule has 3 aromatic rings. The second-order valence-electron chi connectivity index (χ2n) is 4.79. The van der Waals surface area contributed by atoms with E-state index in [0.717, 1.165) is 10.0 Å². The summed E-state index contributed by atoms with van der Waals surface area (Å²) in [5.41, 5.74) is 7.63. The predicted octanol–water partition coefficient (Wildman–Crippen LogP) is 2.14. The molecule has 0 unspecified atom stereocenters. The minimum Gasteiger partial charge on any atom is -0.382 e. The monoisotopic (exact) mass is 394 g/mol. The van der Waals surface area contributed by atoms with E-state index in [9.17, 15) is 4.79 Å². The first kappa shape index (κ1) is 15.7. The van der Waals surface area contributed by atoms with Crippen molar-refractivity contribution in [3.63, 3.8) is 0 Å².